The van der Waals surface area contributed by atoms with Crippen molar-refractivity contribution in [2.45, 2.75) is 79.6 Å². The number of aryl methyl sites for hydroxylation is 1. The molecule has 0 aliphatic carbocycles. The van der Waals surface area contributed by atoms with Crippen molar-refractivity contribution in [3.05, 3.63) is 70.3 Å². The molecule has 3 rings (SSSR count). The first kappa shape index (κ1) is 33.5. The third-order valence-electron chi connectivity index (χ3n) is 5.28. The lowest BCUT2D eigenvalue weighted by Gasteiger charge is -2.28. The Hall–Kier alpha value is -2.55. The van der Waals surface area contributed by atoms with E-state index in [1.165, 1.54) is 28.8 Å². The lowest BCUT2D eigenvalue weighted by molar-refractivity contribution is 0.0526. The third kappa shape index (κ3) is 13.8. The molecule has 214 valence electrons. The van der Waals surface area contributed by atoms with Crippen LogP contribution < -0.4 is 10.6 Å². The highest BCUT2D eigenvalue weighted by atomic mass is 19.1. The van der Waals surface area contributed by atoms with Crippen molar-refractivity contribution >= 4 is 6.09 Å². The van der Waals surface area contributed by atoms with E-state index in [1.54, 1.807) is 6.92 Å². The SMILES string of the molecule is CC(C)(C)Cc1ccc2c(c1)C(NCCCNC(=O)OC(C)(C)C)COC2.CO.Cc1cc(F)cc(F)c1. The molecule has 1 unspecified atom stereocenters. The number of hydrogen-bond acceptors (Lipinski definition) is 5. The lowest BCUT2D eigenvalue weighted by Crippen LogP contribution is -2.35. The van der Waals surface area contributed by atoms with Gasteiger partial charge in [0.1, 0.15) is 17.2 Å². The van der Waals surface area contributed by atoms with Gasteiger partial charge in [-0.05, 0) is 86.9 Å². The molecule has 38 heavy (non-hydrogen) atoms. The van der Waals surface area contributed by atoms with Gasteiger partial charge in [-0.25, -0.2) is 13.6 Å². The highest BCUT2D eigenvalue weighted by Gasteiger charge is 2.22. The summed E-state index contributed by atoms with van der Waals surface area (Å²) >= 11 is 0. The van der Waals surface area contributed by atoms with Crippen LogP contribution in [0.3, 0.4) is 0 Å². The Bertz CT molecular complexity index is 950. The van der Waals surface area contributed by atoms with Crippen LogP contribution in [0.4, 0.5) is 13.6 Å². The molecule has 1 atom stereocenters. The number of ether oxygens (including phenoxy) is 2. The average molecular weight is 537 g/mol. The topological polar surface area (TPSA) is 79.8 Å². The Morgan fingerprint density at radius 2 is 1.66 bits per heavy atom. The lowest BCUT2D eigenvalue weighted by atomic mass is 9.86. The van der Waals surface area contributed by atoms with E-state index in [1.807, 2.05) is 20.8 Å². The monoisotopic (exact) mass is 536 g/mol. The quantitative estimate of drug-likeness (QED) is 0.381. The molecule has 8 heteroatoms. The maximum absolute atomic E-state index is 12.2. The Morgan fingerprint density at radius 1 is 1.03 bits per heavy atom. The van der Waals surface area contributed by atoms with Gasteiger partial charge in [-0.15, -0.1) is 0 Å². The van der Waals surface area contributed by atoms with E-state index in [-0.39, 0.29) is 17.6 Å². The summed E-state index contributed by atoms with van der Waals surface area (Å²) in [5, 5.41) is 13.4. The van der Waals surface area contributed by atoms with Gasteiger partial charge in [0.05, 0.1) is 19.3 Å². The molecule has 1 heterocycles. The van der Waals surface area contributed by atoms with Gasteiger partial charge in [0, 0.05) is 19.7 Å². The second kappa shape index (κ2) is 15.8. The number of aliphatic hydroxyl groups is 1. The predicted octanol–water partition coefficient (Wildman–Crippen LogP) is 6.23. The molecular formula is C30H46F2N2O4. The smallest absolute Gasteiger partial charge is 0.407 e. The summed E-state index contributed by atoms with van der Waals surface area (Å²) < 4.78 is 35.4. The van der Waals surface area contributed by atoms with E-state index in [9.17, 15) is 13.6 Å². The number of rotatable bonds is 6. The molecule has 2 aromatic rings. The Labute approximate surface area is 227 Å². The van der Waals surface area contributed by atoms with Crippen LogP contribution in [0.1, 0.15) is 76.3 Å². The fourth-order valence-corrected chi connectivity index (χ4v) is 3.93. The maximum Gasteiger partial charge on any atom is 0.407 e. The van der Waals surface area contributed by atoms with Crippen molar-refractivity contribution in [1.82, 2.24) is 10.6 Å². The van der Waals surface area contributed by atoms with Gasteiger partial charge in [-0.1, -0.05) is 39.0 Å². The van der Waals surface area contributed by atoms with Crippen LogP contribution in [0.25, 0.3) is 0 Å². The highest BCUT2D eigenvalue weighted by molar-refractivity contribution is 5.67. The fraction of sp³-hybridized carbons (Fsp3) is 0.567. The van der Waals surface area contributed by atoms with Crippen molar-refractivity contribution < 1.29 is 28.2 Å². The highest BCUT2D eigenvalue weighted by Crippen LogP contribution is 2.28. The summed E-state index contributed by atoms with van der Waals surface area (Å²) in [4.78, 5) is 11.7. The Kier molecular flexibility index (Phi) is 13.9. The van der Waals surface area contributed by atoms with E-state index in [0.717, 1.165) is 32.6 Å². The summed E-state index contributed by atoms with van der Waals surface area (Å²) in [5.74, 6) is -1.04. The van der Waals surface area contributed by atoms with Crippen molar-refractivity contribution in [2.75, 3.05) is 26.8 Å². The van der Waals surface area contributed by atoms with Gasteiger partial charge in [0.2, 0.25) is 0 Å². The fourth-order valence-electron chi connectivity index (χ4n) is 3.93. The number of aliphatic hydroxyl groups excluding tert-OH is 1. The molecule has 0 saturated carbocycles. The molecular weight excluding hydrogens is 490 g/mol. The normalized spacial score (nSPS) is 14.8. The number of alkyl carbamates (subject to hydrolysis) is 1. The van der Waals surface area contributed by atoms with Gasteiger partial charge in [-0.2, -0.15) is 0 Å². The molecule has 3 N–H and O–H groups in total. The zero-order chi connectivity index (χ0) is 28.9. The summed E-state index contributed by atoms with van der Waals surface area (Å²) in [6.07, 6.45) is 1.54. The summed E-state index contributed by atoms with van der Waals surface area (Å²) in [5.41, 5.74) is 4.41. The third-order valence-corrected chi connectivity index (χ3v) is 5.28. The number of nitrogens with one attached hydrogen (secondary N) is 2. The zero-order valence-electron chi connectivity index (χ0n) is 24.2. The first-order chi connectivity index (χ1) is 17.7. The number of halogens is 2. The van der Waals surface area contributed by atoms with Crippen LogP contribution in [0.5, 0.6) is 0 Å². The van der Waals surface area contributed by atoms with Crippen molar-refractivity contribution in [3.8, 4) is 0 Å². The summed E-state index contributed by atoms with van der Waals surface area (Å²) in [6.45, 7) is 16.8. The van der Waals surface area contributed by atoms with Crippen molar-refractivity contribution in [2.24, 2.45) is 5.41 Å². The molecule has 6 nitrogen and oxygen atoms in total. The molecule has 0 radical (unpaired) electrons. The molecule has 0 fully saturated rings. The molecule has 0 bridgehead atoms. The van der Waals surface area contributed by atoms with Crippen LogP contribution in [0, 0.1) is 24.0 Å². The van der Waals surface area contributed by atoms with Gasteiger partial charge in [-0.3, -0.25) is 0 Å². The van der Waals surface area contributed by atoms with E-state index >= 15 is 0 Å². The van der Waals surface area contributed by atoms with Crippen LogP contribution in [-0.2, 0) is 22.5 Å². The predicted molar refractivity (Wildman–Crippen MR) is 148 cm³/mol. The van der Waals surface area contributed by atoms with Crippen molar-refractivity contribution in [1.29, 1.82) is 0 Å². The summed E-state index contributed by atoms with van der Waals surface area (Å²) in [7, 11) is 1.00. The van der Waals surface area contributed by atoms with Crippen LogP contribution >= 0.6 is 0 Å². The molecule has 0 aromatic heterocycles. The minimum Gasteiger partial charge on any atom is -0.444 e. The Morgan fingerprint density at radius 3 is 2.21 bits per heavy atom. The molecule has 0 spiro atoms. The van der Waals surface area contributed by atoms with Crippen LogP contribution in [0.2, 0.25) is 0 Å². The van der Waals surface area contributed by atoms with E-state index in [0.29, 0.717) is 25.3 Å². The second-order valence-electron chi connectivity index (χ2n) is 11.5. The maximum atomic E-state index is 12.2. The second-order valence-corrected chi connectivity index (χ2v) is 11.5. The van der Waals surface area contributed by atoms with E-state index < -0.39 is 17.2 Å². The van der Waals surface area contributed by atoms with E-state index in [2.05, 4.69) is 49.6 Å². The van der Waals surface area contributed by atoms with Gasteiger partial charge < -0.3 is 25.2 Å². The first-order valence-electron chi connectivity index (χ1n) is 13.0. The number of hydrogen-bond donors (Lipinski definition) is 3. The standard InChI is InChI=1S/C22H36N2O3.C7H6F2.CH4O/c1-21(2,3)13-16-8-9-17-14-26-15-19(18(17)12-16)23-10-7-11-24-20(25)27-22(4,5)6;1-5-2-6(8)4-7(9)3-5;1-2/h8-9,12,19,23H,7,10-11,13-15H2,1-6H3,(H,24,25);2-4H,1H3;2H,1H3. The number of carbonyl (C=O) groups excluding carboxylic acids is 1. The minimum absolute atomic E-state index is 0.204. The molecule has 1 amide bonds. The van der Waals surface area contributed by atoms with Crippen molar-refractivity contribution in [3.63, 3.8) is 0 Å². The van der Waals surface area contributed by atoms with Crippen LogP contribution in [-0.4, -0.2) is 43.6 Å². The number of amides is 1. The van der Waals surface area contributed by atoms with Gasteiger partial charge in [0.25, 0.3) is 0 Å². The number of benzene rings is 2. The average Bonchev–Trinajstić information content (AvgIpc) is 2.77. The molecule has 1 aliphatic rings. The largest absolute Gasteiger partial charge is 0.444 e. The first-order valence-corrected chi connectivity index (χ1v) is 13.0. The summed E-state index contributed by atoms with van der Waals surface area (Å²) in [6, 6.07) is 10.4. The Balaban J connectivity index is 0.000000548. The molecule has 1 aliphatic heterocycles. The van der Waals surface area contributed by atoms with E-state index in [4.69, 9.17) is 14.6 Å². The van der Waals surface area contributed by atoms with Gasteiger partial charge >= 0.3 is 6.09 Å². The number of carbonyl (C=O) groups is 1. The van der Waals surface area contributed by atoms with Crippen LogP contribution in [0.15, 0.2) is 36.4 Å². The molecule has 2 aromatic carbocycles. The minimum atomic E-state index is -0.521. The van der Waals surface area contributed by atoms with Gasteiger partial charge in [0.15, 0.2) is 0 Å². The molecule has 0 saturated heterocycles. The zero-order valence-corrected chi connectivity index (χ0v) is 24.2. The number of fused-ring (bicyclic) bond motifs is 1.